The number of nitrogens with zero attached hydrogens (tertiary/aromatic N) is 1. The molecule has 1 aliphatic heterocycles. The molecule has 0 spiro atoms. The van der Waals surface area contributed by atoms with Crippen LogP contribution in [0.3, 0.4) is 0 Å². The standard InChI is InChI=1S/C29H45NO2S/c1-20(23-16-24(27(3,4)5)18-25(17-23)28(6,7)8)19-33-21(2)22-12-14-30(15-13-22)26(31)32-29(9,10)11/h16-19,22H,2,12-15H2,1,3-11H3/b20-19+. The molecule has 1 aromatic carbocycles. The summed E-state index contributed by atoms with van der Waals surface area (Å²) in [5.41, 5.74) is 5.06. The SMILES string of the molecule is C=C(S/C=C(\C)c1cc(C(C)(C)C)cc(C(C)(C)C)c1)C1CCN(C(=O)OC(C)(C)C)CC1. The Morgan fingerprint density at radius 3 is 1.88 bits per heavy atom. The van der Waals surface area contributed by atoms with Crippen LogP contribution in [-0.2, 0) is 15.6 Å². The van der Waals surface area contributed by atoms with Gasteiger partial charge in [0.05, 0.1) is 0 Å². The number of ether oxygens (including phenoxy) is 1. The highest BCUT2D eigenvalue weighted by molar-refractivity contribution is 8.06. The van der Waals surface area contributed by atoms with Gasteiger partial charge in [0.1, 0.15) is 5.60 Å². The molecule has 4 heteroatoms. The molecule has 3 nitrogen and oxygen atoms in total. The molecule has 184 valence electrons. The number of piperidine rings is 1. The molecule has 1 heterocycles. The summed E-state index contributed by atoms with van der Waals surface area (Å²) in [5.74, 6) is 0.420. The van der Waals surface area contributed by atoms with E-state index in [1.54, 1.807) is 11.8 Å². The Labute approximate surface area is 207 Å². The van der Waals surface area contributed by atoms with Crippen LogP contribution in [0.4, 0.5) is 4.79 Å². The van der Waals surface area contributed by atoms with Crippen molar-refractivity contribution in [3.8, 4) is 0 Å². The maximum atomic E-state index is 12.3. The van der Waals surface area contributed by atoms with Gasteiger partial charge in [0.25, 0.3) is 0 Å². The third-order valence-corrected chi connectivity index (χ3v) is 7.22. The van der Waals surface area contributed by atoms with E-state index in [9.17, 15) is 4.79 Å². The first-order valence-electron chi connectivity index (χ1n) is 12.1. The smallest absolute Gasteiger partial charge is 0.410 e. The van der Waals surface area contributed by atoms with E-state index in [1.165, 1.54) is 27.2 Å². The summed E-state index contributed by atoms with van der Waals surface area (Å²) < 4.78 is 5.52. The van der Waals surface area contributed by atoms with Crippen molar-refractivity contribution < 1.29 is 9.53 Å². The van der Waals surface area contributed by atoms with E-state index >= 15 is 0 Å². The molecule has 1 fully saturated rings. The first kappa shape index (κ1) is 27.6. The van der Waals surface area contributed by atoms with Crippen LogP contribution in [0.2, 0.25) is 0 Å². The van der Waals surface area contributed by atoms with Gasteiger partial charge in [-0.1, -0.05) is 66.3 Å². The van der Waals surface area contributed by atoms with Gasteiger partial charge in [0.2, 0.25) is 0 Å². The highest BCUT2D eigenvalue weighted by Crippen LogP contribution is 2.36. The predicted octanol–water partition coefficient (Wildman–Crippen LogP) is 8.54. The molecule has 0 bridgehead atoms. The summed E-state index contributed by atoms with van der Waals surface area (Å²) in [6.07, 6.45) is 1.67. The fraction of sp³-hybridized carbons (Fsp3) is 0.621. The normalized spacial score (nSPS) is 16.7. The average Bonchev–Trinajstić information content (AvgIpc) is 2.69. The van der Waals surface area contributed by atoms with Gasteiger partial charge in [-0.2, -0.15) is 0 Å². The summed E-state index contributed by atoms with van der Waals surface area (Å²) in [4.78, 5) is 15.3. The molecule has 0 aliphatic carbocycles. The Kier molecular flexibility index (Phi) is 8.60. The maximum Gasteiger partial charge on any atom is 0.410 e. The number of likely N-dealkylation sites (tertiary alicyclic amines) is 1. The Morgan fingerprint density at radius 1 is 0.970 bits per heavy atom. The van der Waals surface area contributed by atoms with Gasteiger partial charge in [0.15, 0.2) is 0 Å². The second-order valence-corrected chi connectivity index (χ2v) is 13.4. The Hall–Kier alpha value is -1.68. The van der Waals surface area contributed by atoms with E-state index < -0.39 is 5.60 Å². The van der Waals surface area contributed by atoms with Crippen molar-refractivity contribution >= 4 is 23.4 Å². The van der Waals surface area contributed by atoms with E-state index in [1.807, 2.05) is 25.7 Å². The van der Waals surface area contributed by atoms with Crippen molar-refractivity contribution in [2.24, 2.45) is 5.92 Å². The van der Waals surface area contributed by atoms with Crippen LogP contribution in [0.15, 0.2) is 35.1 Å². The van der Waals surface area contributed by atoms with Gasteiger partial charge in [-0.05, 0) is 89.9 Å². The molecule has 0 aromatic heterocycles. The van der Waals surface area contributed by atoms with Crippen LogP contribution in [0.1, 0.15) is 98.8 Å². The topological polar surface area (TPSA) is 29.5 Å². The van der Waals surface area contributed by atoms with Gasteiger partial charge in [-0.15, -0.1) is 11.8 Å². The third kappa shape index (κ3) is 8.24. The van der Waals surface area contributed by atoms with Crippen molar-refractivity contribution in [2.75, 3.05) is 13.1 Å². The number of carbonyl (C=O) groups is 1. The number of thioether (sulfide) groups is 1. The molecule has 0 unspecified atom stereocenters. The molecule has 1 aromatic rings. The van der Waals surface area contributed by atoms with Gasteiger partial charge < -0.3 is 9.64 Å². The summed E-state index contributed by atoms with van der Waals surface area (Å²) in [6.45, 7) is 27.4. The first-order chi connectivity index (χ1) is 15.0. The zero-order chi connectivity index (χ0) is 25.2. The fourth-order valence-corrected chi connectivity index (χ4v) is 4.65. The lowest BCUT2D eigenvalue weighted by atomic mass is 9.79. The second kappa shape index (κ2) is 10.3. The fourth-order valence-electron chi connectivity index (χ4n) is 3.76. The first-order valence-corrected chi connectivity index (χ1v) is 13.0. The number of allylic oxidation sites excluding steroid dienone is 2. The molecule has 0 N–H and O–H groups in total. The lowest BCUT2D eigenvalue weighted by molar-refractivity contribution is 0.0196. The number of carbonyl (C=O) groups excluding carboxylic acids is 1. The highest BCUT2D eigenvalue weighted by atomic mass is 32.2. The van der Waals surface area contributed by atoms with Crippen LogP contribution < -0.4 is 0 Å². The lowest BCUT2D eigenvalue weighted by Crippen LogP contribution is -2.41. The minimum absolute atomic E-state index is 0.106. The molecule has 0 atom stereocenters. The van der Waals surface area contributed by atoms with Crippen molar-refractivity contribution in [1.82, 2.24) is 4.90 Å². The average molecular weight is 472 g/mol. The van der Waals surface area contributed by atoms with E-state index in [0.717, 1.165) is 25.9 Å². The molecule has 33 heavy (non-hydrogen) atoms. The highest BCUT2D eigenvalue weighted by Gasteiger charge is 2.28. The molecule has 2 rings (SSSR count). The number of benzene rings is 1. The Bertz CT molecular complexity index is 853. The molecule has 0 radical (unpaired) electrons. The second-order valence-electron chi connectivity index (χ2n) is 12.4. The number of hydrogen-bond acceptors (Lipinski definition) is 3. The monoisotopic (exact) mass is 471 g/mol. The van der Waals surface area contributed by atoms with Gasteiger partial charge >= 0.3 is 6.09 Å². The maximum absolute atomic E-state index is 12.3. The van der Waals surface area contributed by atoms with Crippen molar-refractivity contribution in [3.63, 3.8) is 0 Å². The Morgan fingerprint density at radius 2 is 1.45 bits per heavy atom. The van der Waals surface area contributed by atoms with Crippen molar-refractivity contribution in [2.45, 2.75) is 98.5 Å². The number of rotatable bonds is 4. The van der Waals surface area contributed by atoms with Crippen LogP contribution in [0.25, 0.3) is 5.57 Å². The molecular formula is C29H45NO2S. The van der Waals surface area contributed by atoms with E-state index in [-0.39, 0.29) is 16.9 Å². The van der Waals surface area contributed by atoms with Gasteiger partial charge in [-0.25, -0.2) is 4.79 Å². The van der Waals surface area contributed by atoms with Crippen LogP contribution >= 0.6 is 11.8 Å². The van der Waals surface area contributed by atoms with Crippen molar-refractivity contribution in [1.29, 1.82) is 0 Å². The summed E-state index contributed by atoms with van der Waals surface area (Å²) in [6, 6.07) is 7.04. The van der Waals surface area contributed by atoms with Crippen LogP contribution in [0.5, 0.6) is 0 Å². The quantitative estimate of drug-likeness (QED) is 0.440. The zero-order valence-corrected chi connectivity index (χ0v) is 23.4. The molecule has 1 aliphatic rings. The summed E-state index contributed by atoms with van der Waals surface area (Å²) >= 11 is 1.74. The largest absolute Gasteiger partial charge is 0.444 e. The van der Waals surface area contributed by atoms with Crippen LogP contribution in [-0.4, -0.2) is 29.7 Å². The molecule has 1 saturated heterocycles. The van der Waals surface area contributed by atoms with Gasteiger partial charge in [0, 0.05) is 13.1 Å². The third-order valence-electron chi connectivity index (χ3n) is 6.11. The molecule has 0 saturated carbocycles. The zero-order valence-electron chi connectivity index (χ0n) is 22.6. The number of hydrogen-bond donors (Lipinski definition) is 0. The lowest BCUT2D eigenvalue weighted by Gasteiger charge is -2.33. The van der Waals surface area contributed by atoms with E-state index in [0.29, 0.717) is 5.92 Å². The Balaban J connectivity index is 2.07. The summed E-state index contributed by atoms with van der Waals surface area (Å²) in [7, 11) is 0. The predicted molar refractivity (Wildman–Crippen MR) is 145 cm³/mol. The summed E-state index contributed by atoms with van der Waals surface area (Å²) in [5, 5.41) is 2.25. The van der Waals surface area contributed by atoms with E-state index in [2.05, 4.69) is 78.7 Å². The van der Waals surface area contributed by atoms with Crippen molar-refractivity contribution in [3.05, 3.63) is 51.8 Å². The molecular weight excluding hydrogens is 426 g/mol. The minimum Gasteiger partial charge on any atom is -0.444 e. The van der Waals surface area contributed by atoms with Crippen LogP contribution in [0, 0.1) is 5.92 Å². The van der Waals surface area contributed by atoms with Gasteiger partial charge in [-0.3, -0.25) is 0 Å². The number of amides is 1. The minimum atomic E-state index is -0.452. The molecule has 1 amide bonds. The van der Waals surface area contributed by atoms with E-state index in [4.69, 9.17) is 4.74 Å².